The first kappa shape index (κ1) is 17.0. The molecule has 0 fully saturated rings. The number of hydrogen-bond donors (Lipinski definition) is 1. The first-order valence-corrected chi connectivity index (χ1v) is 7.35. The molecule has 1 nitrogen and oxygen atoms in total. The van der Waals surface area contributed by atoms with Gasteiger partial charge in [-0.2, -0.15) is 0 Å². The second-order valence-electron chi connectivity index (χ2n) is 5.62. The van der Waals surface area contributed by atoms with E-state index in [0.29, 0.717) is 18.4 Å². The summed E-state index contributed by atoms with van der Waals surface area (Å²) in [6, 6.07) is 1.59. The Morgan fingerprint density at radius 3 is 2.25 bits per heavy atom. The van der Waals surface area contributed by atoms with Crippen LogP contribution in [0.4, 0.5) is 13.2 Å². The van der Waals surface area contributed by atoms with Crippen molar-refractivity contribution >= 4 is 0 Å². The minimum atomic E-state index is -1.12. The quantitative estimate of drug-likeness (QED) is 0.522. The molecule has 1 aromatic carbocycles. The van der Waals surface area contributed by atoms with Crippen LogP contribution in [0.3, 0.4) is 0 Å². The monoisotopic (exact) mass is 287 g/mol. The zero-order valence-corrected chi connectivity index (χ0v) is 12.3. The largest absolute Gasteiger partial charge is 0.316 e. The summed E-state index contributed by atoms with van der Waals surface area (Å²) < 4.78 is 39.1. The number of aryl methyl sites for hydroxylation is 1. The molecule has 0 radical (unpaired) electrons. The van der Waals surface area contributed by atoms with Gasteiger partial charge in [-0.1, -0.05) is 26.7 Å². The summed E-state index contributed by atoms with van der Waals surface area (Å²) in [7, 11) is 0. The predicted octanol–water partition coefficient (Wildman–Crippen LogP) is 4.45. The van der Waals surface area contributed by atoms with Crippen molar-refractivity contribution in [1.29, 1.82) is 0 Å². The summed E-state index contributed by atoms with van der Waals surface area (Å²) in [4.78, 5) is 0. The van der Waals surface area contributed by atoms with Gasteiger partial charge in [0.1, 0.15) is 5.82 Å². The van der Waals surface area contributed by atoms with Crippen LogP contribution in [0.25, 0.3) is 0 Å². The molecule has 20 heavy (non-hydrogen) atoms. The third-order valence-corrected chi connectivity index (χ3v) is 3.19. The molecule has 0 aliphatic carbocycles. The van der Waals surface area contributed by atoms with Crippen LogP contribution in [0.5, 0.6) is 0 Å². The molecule has 0 unspecified atom stereocenters. The molecule has 0 aliphatic heterocycles. The first-order valence-electron chi connectivity index (χ1n) is 7.35. The van der Waals surface area contributed by atoms with Gasteiger partial charge in [-0.25, -0.2) is 13.2 Å². The maximum atomic E-state index is 13.4. The van der Waals surface area contributed by atoms with Gasteiger partial charge < -0.3 is 5.32 Å². The Morgan fingerprint density at radius 2 is 1.55 bits per heavy atom. The van der Waals surface area contributed by atoms with E-state index in [-0.39, 0.29) is 5.56 Å². The van der Waals surface area contributed by atoms with Gasteiger partial charge in [0.05, 0.1) is 0 Å². The summed E-state index contributed by atoms with van der Waals surface area (Å²) in [5.41, 5.74) is 0.266. The van der Waals surface area contributed by atoms with Gasteiger partial charge in [0, 0.05) is 6.07 Å². The Bertz CT molecular complexity index is 405. The minimum Gasteiger partial charge on any atom is -0.316 e. The molecular weight excluding hydrogens is 263 g/mol. The van der Waals surface area contributed by atoms with Crippen LogP contribution < -0.4 is 5.32 Å². The van der Waals surface area contributed by atoms with E-state index in [4.69, 9.17) is 0 Å². The van der Waals surface area contributed by atoms with Crippen molar-refractivity contribution in [2.45, 2.75) is 46.0 Å². The molecule has 0 saturated carbocycles. The molecule has 1 N–H and O–H groups in total. The third-order valence-electron chi connectivity index (χ3n) is 3.19. The SMILES string of the molecule is CC(C)CNCCCCCCc1cc(F)c(F)cc1F. The molecule has 0 heterocycles. The first-order chi connectivity index (χ1) is 9.50. The number of rotatable bonds is 9. The van der Waals surface area contributed by atoms with E-state index in [1.165, 1.54) is 0 Å². The maximum absolute atomic E-state index is 13.4. The molecule has 0 bridgehead atoms. The van der Waals surface area contributed by atoms with Gasteiger partial charge >= 0.3 is 0 Å². The Balaban J connectivity index is 2.14. The summed E-state index contributed by atoms with van der Waals surface area (Å²) in [5.74, 6) is -2.09. The lowest BCUT2D eigenvalue weighted by Gasteiger charge is -2.07. The lowest BCUT2D eigenvalue weighted by Crippen LogP contribution is -2.20. The van der Waals surface area contributed by atoms with Crippen LogP contribution in [0.15, 0.2) is 12.1 Å². The fraction of sp³-hybridized carbons (Fsp3) is 0.625. The van der Waals surface area contributed by atoms with Crippen molar-refractivity contribution in [2.75, 3.05) is 13.1 Å². The van der Waals surface area contributed by atoms with E-state index in [0.717, 1.165) is 44.8 Å². The number of nitrogens with one attached hydrogen (secondary N) is 1. The number of halogens is 3. The van der Waals surface area contributed by atoms with Crippen molar-refractivity contribution in [1.82, 2.24) is 5.32 Å². The van der Waals surface area contributed by atoms with Gasteiger partial charge in [0.25, 0.3) is 0 Å². The fourth-order valence-corrected chi connectivity index (χ4v) is 2.07. The molecule has 4 heteroatoms. The topological polar surface area (TPSA) is 12.0 Å². The highest BCUT2D eigenvalue weighted by molar-refractivity contribution is 5.20. The predicted molar refractivity (Wildman–Crippen MR) is 76.2 cm³/mol. The zero-order chi connectivity index (χ0) is 15.0. The minimum absolute atomic E-state index is 0.266. The van der Waals surface area contributed by atoms with Crippen LogP contribution in [0.1, 0.15) is 45.1 Å². The average Bonchev–Trinajstić information content (AvgIpc) is 2.38. The van der Waals surface area contributed by atoms with Crippen LogP contribution in [-0.4, -0.2) is 13.1 Å². The van der Waals surface area contributed by atoms with Crippen molar-refractivity contribution < 1.29 is 13.2 Å². The van der Waals surface area contributed by atoms with Crippen molar-refractivity contribution in [3.05, 3.63) is 35.1 Å². The summed E-state index contributed by atoms with van der Waals surface area (Å²) >= 11 is 0. The van der Waals surface area contributed by atoms with Crippen molar-refractivity contribution in [2.24, 2.45) is 5.92 Å². The number of hydrogen-bond acceptors (Lipinski definition) is 1. The lowest BCUT2D eigenvalue weighted by molar-refractivity contribution is 0.487. The smallest absolute Gasteiger partial charge is 0.161 e. The molecule has 0 aliphatic rings. The molecule has 1 rings (SSSR count). The Morgan fingerprint density at radius 1 is 0.900 bits per heavy atom. The number of benzene rings is 1. The van der Waals surface area contributed by atoms with Gasteiger partial charge in [0.2, 0.25) is 0 Å². The van der Waals surface area contributed by atoms with Gasteiger partial charge in [-0.15, -0.1) is 0 Å². The molecule has 114 valence electrons. The highest BCUT2D eigenvalue weighted by atomic mass is 19.2. The number of unbranched alkanes of at least 4 members (excludes halogenated alkanes) is 3. The highest BCUT2D eigenvalue weighted by Gasteiger charge is 2.09. The van der Waals surface area contributed by atoms with Crippen LogP contribution >= 0.6 is 0 Å². The Kier molecular flexibility index (Phi) is 7.67. The molecule has 0 atom stereocenters. The van der Waals surface area contributed by atoms with E-state index in [2.05, 4.69) is 19.2 Å². The van der Waals surface area contributed by atoms with Gasteiger partial charge in [-0.05, 0) is 49.9 Å². The van der Waals surface area contributed by atoms with E-state index < -0.39 is 17.5 Å². The molecule has 1 aromatic rings. The third kappa shape index (κ3) is 6.42. The summed E-state index contributed by atoms with van der Waals surface area (Å²) in [6.45, 7) is 6.37. The molecule has 0 amide bonds. The van der Waals surface area contributed by atoms with Crippen LogP contribution in [-0.2, 0) is 6.42 Å². The molecule has 0 spiro atoms. The maximum Gasteiger partial charge on any atom is 0.161 e. The van der Waals surface area contributed by atoms with Crippen LogP contribution in [0.2, 0.25) is 0 Å². The molecular formula is C16H24F3N. The summed E-state index contributed by atoms with van der Waals surface area (Å²) in [5, 5.41) is 3.36. The second kappa shape index (κ2) is 9.01. The zero-order valence-electron chi connectivity index (χ0n) is 12.3. The van der Waals surface area contributed by atoms with Crippen molar-refractivity contribution in [3.63, 3.8) is 0 Å². The fourth-order valence-electron chi connectivity index (χ4n) is 2.07. The van der Waals surface area contributed by atoms with E-state index >= 15 is 0 Å². The van der Waals surface area contributed by atoms with E-state index in [1.807, 2.05) is 0 Å². The normalized spacial score (nSPS) is 11.3. The molecule has 0 aromatic heterocycles. The Labute approximate surface area is 119 Å². The summed E-state index contributed by atoms with van der Waals surface area (Å²) in [6.07, 6.45) is 4.39. The van der Waals surface area contributed by atoms with Gasteiger partial charge in [0.15, 0.2) is 11.6 Å². The molecule has 0 saturated heterocycles. The van der Waals surface area contributed by atoms with Crippen LogP contribution in [0, 0.1) is 23.4 Å². The van der Waals surface area contributed by atoms with Crippen molar-refractivity contribution in [3.8, 4) is 0 Å². The average molecular weight is 287 g/mol. The highest BCUT2D eigenvalue weighted by Crippen LogP contribution is 2.16. The lowest BCUT2D eigenvalue weighted by atomic mass is 10.1. The second-order valence-corrected chi connectivity index (χ2v) is 5.62. The standard InChI is InChI=1S/C16H24F3N/c1-12(2)11-20-8-6-4-3-5-7-13-9-15(18)16(19)10-14(13)17/h9-10,12,20H,3-8,11H2,1-2H3. The Hall–Kier alpha value is -1.03. The van der Waals surface area contributed by atoms with E-state index in [9.17, 15) is 13.2 Å². The van der Waals surface area contributed by atoms with E-state index in [1.54, 1.807) is 0 Å². The van der Waals surface area contributed by atoms with Gasteiger partial charge in [-0.3, -0.25) is 0 Å².